The van der Waals surface area contributed by atoms with E-state index < -0.39 is 5.82 Å². The lowest BCUT2D eigenvalue weighted by Crippen LogP contribution is -2.42. The number of phenols is 1. The maximum Gasteiger partial charge on any atom is 0.171 e. The summed E-state index contributed by atoms with van der Waals surface area (Å²) >= 11 is 5.05. The number of hydrogen-bond donors (Lipinski definition) is 3. The highest BCUT2D eigenvalue weighted by Crippen LogP contribution is 2.19. The Morgan fingerprint density at radius 3 is 2.50 bits per heavy atom. The van der Waals surface area contributed by atoms with Gasteiger partial charge >= 0.3 is 0 Å². The van der Waals surface area contributed by atoms with Gasteiger partial charge in [-0.2, -0.15) is 0 Å². The Bertz CT molecular complexity index is 401. The van der Waals surface area contributed by atoms with Gasteiger partial charge in [0.25, 0.3) is 0 Å². The molecule has 1 aromatic rings. The van der Waals surface area contributed by atoms with E-state index in [0.717, 1.165) is 0 Å². The summed E-state index contributed by atoms with van der Waals surface area (Å²) in [6.45, 7) is 5.91. The van der Waals surface area contributed by atoms with Gasteiger partial charge in [0.1, 0.15) is 0 Å². The number of anilines is 1. The molecule has 16 heavy (non-hydrogen) atoms. The fourth-order valence-electron chi connectivity index (χ4n) is 1.09. The molecular formula is C11H15FN2OS. The van der Waals surface area contributed by atoms with Gasteiger partial charge < -0.3 is 15.7 Å². The van der Waals surface area contributed by atoms with Gasteiger partial charge in [0.15, 0.2) is 16.7 Å². The Balaban J connectivity index is 2.67. The first kappa shape index (κ1) is 12.7. The van der Waals surface area contributed by atoms with Crippen LogP contribution in [-0.4, -0.2) is 15.8 Å². The summed E-state index contributed by atoms with van der Waals surface area (Å²) in [5, 5.41) is 15.3. The molecule has 3 N–H and O–H groups in total. The molecule has 1 rings (SSSR count). The number of phenolic OH excluding ortho intramolecular Hbond substituents is 1. The fraction of sp³-hybridized carbons (Fsp3) is 0.364. The summed E-state index contributed by atoms with van der Waals surface area (Å²) in [6, 6.07) is 4.01. The average Bonchev–Trinajstić information content (AvgIpc) is 2.08. The number of thiocarbonyl (C=S) groups is 1. The molecule has 0 atom stereocenters. The summed E-state index contributed by atoms with van der Waals surface area (Å²) in [4.78, 5) is 0. The molecule has 0 spiro atoms. The van der Waals surface area contributed by atoms with Gasteiger partial charge in [0, 0.05) is 17.3 Å². The van der Waals surface area contributed by atoms with E-state index in [1.807, 2.05) is 20.8 Å². The van der Waals surface area contributed by atoms with Crippen LogP contribution in [0.3, 0.4) is 0 Å². The summed E-state index contributed by atoms with van der Waals surface area (Å²) in [5.41, 5.74) is 0.344. The second-order valence-corrected chi connectivity index (χ2v) is 4.90. The number of halogens is 1. The fourth-order valence-corrected chi connectivity index (χ4v) is 1.51. The molecule has 0 amide bonds. The van der Waals surface area contributed by atoms with E-state index in [2.05, 4.69) is 10.6 Å². The molecule has 0 radical (unpaired) electrons. The topological polar surface area (TPSA) is 44.3 Å². The Morgan fingerprint density at radius 2 is 2.00 bits per heavy atom. The van der Waals surface area contributed by atoms with Crippen LogP contribution in [0.15, 0.2) is 18.2 Å². The van der Waals surface area contributed by atoms with Crippen molar-refractivity contribution >= 4 is 23.0 Å². The van der Waals surface area contributed by atoms with E-state index >= 15 is 0 Å². The zero-order chi connectivity index (χ0) is 12.3. The highest BCUT2D eigenvalue weighted by molar-refractivity contribution is 7.80. The molecule has 5 heteroatoms. The van der Waals surface area contributed by atoms with E-state index in [1.54, 1.807) is 6.07 Å². The van der Waals surface area contributed by atoms with Crippen molar-refractivity contribution in [2.75, 3.05) is 5.32 Å². The molecule has 0 bridgehead atoms. The van der Waals surface area contributed by atoms with Crippen molar-refractivity contribution < 1.29 is 9.50 Å². The van der Waals surface area contributed by atoms with E-state index in [9.17, 15) is 4.39 Å². The van der Waals surface area contributed by atoms with Crippen LogP contribution < -0.4 is 10.6 Å². The van der Waals surface area contributed by atoms with Gasteiger partial charge in [-0.05, 0) is 45.1 Å². The van der Waals surface area contributed by atoms with E-state index in [1.165, 1.54) is 12.1 Å². The molecule has 0 saturated heterocycles. The number of hydrogen-bond acceptors (Lipinski definition) is 2. The third-order valence-electron chi connectivity index (χ3n) is 1.69. The first-order valence-corrected chi connectivity index (χ1v) is 5.26. The van der Waals surface area contributed by atoms with Crippen LogP contribution in [0.4, 0.5) is 10.1 Å². The summed E-state index contributed by atoms with van der Waals surface area (Å²) < 4.78 is 13.0. The monoisotopic (exact) mass is 242 g/mol. The van der Waals surface area contributed by atoms with Crippen LogP contribution in [0.25, 0.3) is 0 Å². The van der Waals surface area contributed by atoms with E-state index in [4.69, 9.17) is 17.3 Å². The molecule has 88 valence electrons. The van der Waals surface area contributed by atoms with Gasteiger partial charge in [-0.25, -0.2) is 4.39 Å². The number of benzene rings is 1. The van der Waals surface area contributed by atoms with Crippen molar-refractivity contribution in [2.24, 2.45) is 0 Å². The molecule has 0 heterocycles. The molecule has 3 nitrogen and oxygen atoms in total. The van der Waals surface area contributed by atoms with Gasteiger partial charge in [0.05, 0.1) is 0 Å². The summed E-state index contributed by atoms with van der Waals surface area (Å²) in [7, 11) is 0. The minimum absolute atomic E-state index is 0.153. The zero-order valence-electron chi connectivity index (χ0n) is 9.47. The smallest absolute Gasteiger partial charge is 0.171 e. The van der Waals surface area contributed by atoms with Crippen LogP contribution in [0, 0.1) is 5.82 Å². The molecule has 0 fully saturated rings. The molecule has 1 aromatic carbocycles. The Morgan fingerprint density at radius 1 is 1.38 bits per heavy atom. The number of aromatic hydroxyl groups is 1. The van der Waals surface area contributed by atoms with Crippen LogP contribution in [0.5, 0.6) is 5.75 Å². The molecule has 0 aromatic heterocycles. The lowest BCUT2D eigenvalue weighted by molar-refractivity contribution is 0.432. The maximum absolute atomic E-state index is 13.0. The minimum Gasteiger partial charge on any atom is -0.505 e. The molecular weight excluding hydrogens is 227 g/mol. The first-order valence-electron chi connectivity index (χ1n) is 4.85. The maximum atomic E-state index is 13.0. The van der Waals surface area contributed by atoms with Crippen molar-refractivity contribution in [3.63, 3.8) is 0 Å². The van der Waals surface area contributed by atoms with Crippen LogP contribution >= 0.6 is 12.2 Å². The van der Waals surface area contributed by atoms with Crippen molar-refractivity contribution in [1.29, 1.82) is 0 Å². The highest BCUT2D eigenvalue weighted by Gasteiger charge is 2.11. The second kappa shape index (κ2) is 4.65. The van der Waals surface area contributed by atoms with Crippen LogP contribution in [0.1, 0.15) is 20.8 Å². The van der Waals surface area contributed by atoms with Crippen LogP contribution in [-0.2, 0) is 0 Å². The second-order valence-electron chi connectivity index (χ2n) is 4.50. The summed E-state index contributed by atoms with van der Waals surface area (Å²) in [5.74, 6) is -1.05. The van der Waals surface area contributed by atoms with Gasteiger partial charge in [-0.3, -0.25) is 0 Å². The lowest BCUT2D eigenvalue weighted by atomic mass is 10.1. The molecule has 0 aliphatic heterocycles. The van der Waals surface area contributed by atoms with Crippen molar-refractivity contribution in [2.45, 2.75) is 26.3 Å². The van der Waals surface area contributed by atoms with Crippen molar-refractivity contribution in [1.82, 2.24) is 5.32 Å². The summed E-state index contributed by atoms with van der Waals surface area (Å²) in [6.07, 6.45) is 0. The number of rotatable bonds is 1. The number of nitrogens with one attached hydrogen (secondary N) is 2. The first-order chi connectivity index (χ1) is 7.28. The molecule has 0 aliphatic rings. The Hall–Kier alpha value is -1.36. The SMILES string of the molecule is CC(C)(C)NC(=S)Nc1ccc(O)c(F)c1. The molecule has 0 aliphatic carbocycles. The van der Waals surface area contributed by atoms with Crippen LogP contribution in [0.2, 0.25) is 0 Å². The third-order valence-corrected chi connectivity index (χ3v) is 1.90. The Kier molecular flexibility index (Phi) is 3.70. The largest absolute Gasteiger partial charge is 0.505 e. The van der Waals surface area contributed by atoms with Crippen molar-refractivity contribution in [3.8, 4) is 5.75 Å². The third kappa shape index (κ3) is 4.02. The predicted octanol–water partition coefficient (Wildman–Crippen LogP) is 2.62. The normalized spacial score (nSPS) is 11.0. The van der Waals surface area contributed by atoms with Crippen molar-refractivity contribution in [3.05, 3.63) is 24.0 Å². The minimum atomic E-state index is -0.677. The standard InChI is InChI=1S/C11H15FN2OS/c1-11(2,3)14-10(16)13-7-4-5-9(15)8(12)6-7/h4-6,15H,1-3H3,(H2,13,14,16). The quantitative estimate of drug-likeness (QED) is 0.523. The molecule has 0 saturated carbocycles. The van der Waals surface area contributed by atoms with E-state index in [-0.39, 0.29) is 11.3 Å². The predicted molar refractivity (Wildman–Crippen MR) is 67.2 cm³/mol. The lowest BCUT2D eigenvalue weighted by Gasteiger charge is -2.23. The Labute approximate surface area is 99.7 Å². The van der Waals surface area contributed by atoms with Gasteiger partial charge in [-0.15, -0.1) is 0 Å². The van der Waals surface area contributed by atoms with E-state index in [0.29, 0.717) is 10.8 Å². The molecule has 0 unspecified atom stereocenters. The van der Waals surface area contributed by atoms with Gasteiger partial charge in [-0.1, -0.05) is 0 Å². The average molecular weight is 242 g/mol. The van der Waals surface area contributed by atoms with Gasteiger partial charge in [0.2, 0.25) is 0 Å². The zero-order valence-corrected chi connectivity index (χ0v) is 10.3. The highest BCUT2D eigenvalue weighted by atomic mass is 32.1.